The van der Waals surface area contributed by atoms with Gasteiger partial charge in [-0.2, -0.15) is 4.31 Å². The van der Waals surface area contributed by atoms with E-state index in [4.69, 9.17) is 0 Å². The molecule has 0 saturated carbocycles. The molecular weight excluding hydrogens is 422 g/mol. The molecule has 2 N–H and O–H groups in total. The highest BCUT2D eigenvalue weighted by molar-refractivity contribution is 7.91. The Labute approximate surface area is 181 Å². The van der Waals surface area contributed by atoms with Crippen LogP contribution in [0.5, 0.6) is 0 Å². The van der Waals surface area contributed by atoms with Crippen molar-refractivity contribution < 1.29 is 18.0 Å². The third kappa shape index (κ3) is 5.27. The molecule has 0 radical (unpaired) electrons. The zero-order valence-corrected chi connectivity index (χ0v) is 19.0. The van der Waals surface area contributed by atoms with Crippen molar-refractivity contribution in [2.24, 2.45) is 5.92 Å². The van der Waals surface area contributed by atoms with Gasteiger partial charge in [0, 0.05) is 24.5 Å². The minimum Gasteiger partial charge on any atom is -0.347 e. The van der Waals surface area contributed by atoms with Crippen LogP contribution in [0.2, 0.25) is 0 Å². The van der Waals surface area contributed by atoms with Gasteiger partial charge in [0.2, 0.25) is 5.91 Å². The fourth-order valence-electron chi connectivity index (χ4n) is 3.33. The first-order valence-electron chi connectivity index (χ1n) is 9.84. The second-order valence-electron chi connectivity index (χ2n) is 8.35. The number of hydrogen-bond donors (Lipinski definition) is 2. The van der Waals surface area contributed by atoms with Crippen LogP contribution in [-0.2, 0) is 14.8 Å². The maximum Gasteiger partial charge on any atom is 0.253 e. The van der Waals surface area contributed by atoms with Crippen LogP contribution in [-0.4, -0.2) is 43.2 Å². The maximum atomic E-state index is 12.8. The smallest absolute Gasteiger partial charge is 0.253 e. The Morgan fingerprint density at radius 2 is 1.73 bits per heavy atom. The number of nitrogens with zero attached hydrogens (tertiary/aromatic N) is 1. The summed E-state index contributed by atoms with van der Waals surface area (Å²) in [4.78, 5) is 25.4. The molecule has 0 atom stereocenters. The number of sulfonamides is 1. The molecule has 2 amide bonds. The number of anilines is 1. The van der Waals surface area contributed by atoms with E-state index in [2.05, 4.69) is 10.6 Å². The van der Waals surface area contributed by atoms with Gasteiger partial charge in [-0.25, -0.2) is 8.42 Å². The average molecular weight is 450 g/mol. The van der Waals surface area contributed by atoms with Gasteiger partial charge in [-0.15, -0.1) is 11.3 Å². The largest absolute Gasteiger partial charge is 0.347 e. The molecule has 0 unspecified atom stereocenters. The first-order chi connectivity index (χ1) is 14.1. The lowest BCUT2D eigenvalue weighted by Crippen LogP contribution is -2.42. The maximum absolute atomic E-state index is 12.8. The van der Waals surface area contributed by atoms with Crippen LogP contribution in [0.25, 0.3) is 0 Å². The zero-order chi connectivity index (χ0) is 21.9. The summed E-state index contributed by atoms with van der Waals surface area (Å²) in [7, 11) is -3.49. The van der Waals surface area contributed by atoms with E-state index in [0.717, 1.165) is 0 Å². The van der Waals surface area contributed by atoms with Crippen LogP contribution in [0, 0.1) is 5.92 Å². The normalized spacial score (nSPS) is 16.2. The van der Waals surface area contributed by atoms with E-state index in [1.54, 1.807) is 41.8 Å². The Morgan fingerprint density at radius 1 is 1.07 bits per heavy atom. The van der Waals surface area contributed by atoms with Gasteiger partial charge in [-0.3, -0.25) is 9.59 Å². The molecule has 2 heterocycles. The molecule has 162 valence electrons. The van der Waals surface area contributed by atoms with Crippen molar-refractivity contribution in [3.8, 4) is 0 Å². The minimum atomic E-state index is -3.49. The van der Waals surface area contributed by atoms with Gasteiger partial charge in [-0.1, -0.05) is 18.2 Å². The third-order valence-corrected chi connectivity index (χ3v) is 8.10. The first kappa shape index (κ1) is 22.5. The summed E-state index contributed by atoms with van der Waals surface area (Å²) in [6.07, 6.45) is 0.875. The molecule has 0 spiro atoms. The molecule has 0 aliphatic carbocycles. The summed E-state index contributed by atoms with van der Waals surface area (Å²) < 4.78 is 27.0. The van der Waals surface area contributed by atoms with Crippen LogP contribution in [0.15, 0.2) is 46.0 Å². The van der Waals surface area contributed by atoms with E-state index in [1.165, 1.54) is 15.6 Å². The number of rotatable bonds is 5. The van der Waals surface area contributed by atoms with Gasteiger partial charge in [-0.05, 0) is 57.2 Å². The molecule has 0 bridgehead atoms. The van der Waals surface area contributed by atoms with E-state index in [0.29, 0.717) is 41.4 Å². The zero-order valence-electron chi connectivity index (χ0n) is 17.3. The van der Waals surface area contributed by atoms with E-state index >= 15 is 0 Å². The highest BCUT2D eigenvalue weighted by Gasteiger charge is 2.33. The van der Waals surface area contributed by atoms with Crippen molar-refractivity contribution in [1.29, 1.82) is 0 Å². The summed E-state index contributed by atoms with van der Waals surface area (Å²) >= 11 is 1.19. The van der Waals surface area contributed by atoms with E-state index < -0.39 is 15.6 Å². The SMILES string of the molecule is CC(C)(C)NC(=O)c1ccccc1NC(=O)C1CCN(S(=O)(=O)c2cccs2)CC1. The Morgan fingerprint density at radius 3 is 2.33 bits per heavy atom. The summed E-state index contributed by atoms with van der Waals surface area (Å²) in [6, 6.07) is 10.2. The molecule has 1 aliphatic heterocycles. The van der Waals surface area contributed by atoms with Crippen LogP contribution in [0.4, 0.5) is 5.69 Å². The van der Waals surface area contributed by atoms with Crippen molar-refractivity contribution in [3.63, 3.8) is 0 Å². The molecule has 1 aromatic heterocycles. The Balaban J connectivity index is 1.64. The number of amides is 2. The second kappa shape index (κ2) is 8.87. The van der Waals surface area contributed by atoms with Gasteiger partial charge in [0.25, 0.3) is 15.9 Å². The molecule has 9 heteroatoms. The third-order valence-electron chi connectivity index (χ3n) is 4.83. The number of nitrogens with one attached hydrogen (secondary N) is 2. The van der Waals surface area contributed by atoms with Crippen molar-refractivity contribution in [2.75, 3.05) is 18.4 Å². The quantitative estimate of drug-likeness (QED) is 0.732. The lowest BCUT2D eigenvalue weighted by atomic mass is 9.97. The molecule has 1 saturated heterocycles. The molecule has 7 nitrogen and oxygen atoms in total. The Hall–Kier alpha value is -2.23. The van der Waals surface area contributed by atoms with Crippen LogP contribution >= 0.6 is 11.3 Å². The fourth-order valence-corrected chi connectivity index (χ4v) is 5.94. The van der Waals surface area contributed by atoms with Crippen LogP contribution < -0.4 is 10.6 Å². The molecule has 3 rings (SSSR count). The molecular formula is C21H27N3O4S2. The van der Waals surface area contributed by atoms with Crippen molar-refractivity contribution in [3.05, 3.63) is 47.3 Å². The van der Waals surface area contributed by atoms with Gasteiger partial charge >= 0.3 is 0 Å². The summed E-state index contributed by atoms with van der Waals surface area (Å²) in [6.45, 7) is 6.27. The van der Waals surface area contributed by atoms with Crippen LogP contribution in [0.3, 0.4) is 0 Å². The number of benzene rings is 1. The number of piperidine rings is 1. The molecule has 1 aromatic carbocycles. The van der Waals surface area contributed by atoms with E-state index in [9.17, 15) is 18.0 Å². The number of carbonyl (C=O) groups is 2. The van der Waals surface area contributed by atoms with Crippen molar-refractivity contribution >= 4 is 38.9 Å². The standard InChI is InChI=1S/C21H27N3O4S2/c1-21(2,3)23-20(26)16-7-4-5-8-17(16)22-19(25)15-10-12-24(13-11-15)30(27,28)18-9-6-14-29-18/h4-9,14-15H,10-13H2,1-3H3,(H,22,25)(H,23,26). The number of thiophene rings is 1. The minimum absolute atomic E-state index is 0.195. The van der Waals surface area contributed by atoms with Crippen molar-refractivity contribution in [2.45, 2.75) is 43.4 Å². The monoisotopic (exact) mass is 449 g/mol. The topological polar surface area (TPSA) is 95.6 Å². The molecule has 1 aliphatic rings. The second-order valence-corrected chi connectivity index (χ2v) is 11.5. The highest BCUT2D eigenvalue weighted by Crippen LogP contribution is 2.27. The van der Waals surface area contributed by atoms with Gasteiger partial charge in [0.1, 0.15) is 4.21 Å². The van der Waals surface area contributed by atoms with Gasteiger partial charge in [0.15, 0.2) is 0 Å². The number of hydrogen-bond acceptors (Lipinski definition) is 5. The predicted molar refractivity (Wildman–Crippen MR) is 118 cm³/mol. The molecule has 1 fully saturated rings. The number of para-hydroxylation sites is 1. The van der Waals surface area contributed by atoms with Gasteiger partial charge < -0.3 is 10.6 Å². The molecule has 30 heavy (non-hydrogen) atoms. The summed E-state index contributed by atoms with van der Waals surface area (Å²) in [5, 5.41) is 7.50. The van der Waals surface area contributed by atoms with Crippen molar-refractivity contribution in [1.82, 2.24) is 9.62 Å². The number of carbonyl (C=O) groups excluding carboxylic acids is 2. The van der Waals surface area contributed by atoms with Crippen LogP contribution in [0.1, 0.15) is 44.0 Å². The fraction of sp³-hybridized carbons (Fsp3) is 0.429. The highest BCUT2D eigenvalue weighted by atomic mass is 32.2. The molecule has 2 aromatic rings. The first-order valence-corrected chi connectivity index (χ1v) is 12.2. The average Bonchev–Trinajstić information content (AvgIpc) is 3.23. The predicted octanol–water partition coefficient (Wildman–Crippen LogP) is 3.32. The summed E-state index contributed by atoms with van der Waals surface area (Å²) in [5.74, 6) is -0.757. The Bertz CT molecular complexity index is 1000. The summed E-state index contributed by atoms with van der Waals surface area (Å²) in [5.41, 5.74) is 0.464. The van der Waals surface area contributed by atoms with Gasteiger partial charge in [0.05, 0.1) is 11.3 Å². The van der Waals surface area contributed by atoms with E-state index in [1.807, 2.05) is 20.8 Å². The lowest BCUT2D eigenvalue weighted by Gasteiger charge is -2.30. The lowest BCUT2D eigenvalue weighted by molar-refractivity contribution is -0.120. The Kier molecular flexibility index (Phi) is 6.64. The van der Waals surface area contributed by atoms with E-state index in [-0.39, 0.29) is 17.7 Å².